The summed E-state index contributed by atoms with van der Waals surface area (Å²) in [6.45, 7) is -0.236. The van der Waals surface area contributed by atoms with Crippen LogP contribution in [0.15, 0.2) is 328 Å². The molecule has 3 heterocycles. The summed E-state index contributed by atoms with van der Waals surface area (Å²) in [6, 6.07) is 121. The third-order valence-corrected chi connectivity index (χ3v) is 17.5. The van der Waals surface area contributed by atoms with Gasteiger partial charge in [0.15, 0.2) is 0 Å². The van der Waals surface area contributed by atoms with Gasteiger partial charge in [-0.25, -0.2) is 0 Å². The van der Waals surface area contributed by atoms with E-state index in [2.05, 4.69) is 342 Å². The standard InChI is InChI=1S/C79H54BN3/c1-7-22-55(23-8-1)59-38-44-65(45-39-59)81(66-46-40-60(41-47-66)56-24-9-2-10-25-56)68-50-51-69-70-52-62(58-28-13-4-14-29-58)53-76-77(70)80(83(75(69)54-68)67-48-42-61(43-49-67)57-26-11-3-12-27-57)73-36-21-35-72-78(73)82(76)74-37-20-19-34-71(74)79(72,63-30-15-5-16-31-63)64-32-17-6-18-33-64/h1-54H. The summed E-state index contributed by atoms with van der Waals surface area (Å²) in [5.41, 5.74) is 27.8. The normalized spacial score (nSPS) is 13.1. The summed E-state index contributed by atoms with van der Waals surface area (Å²) in [5, 5.41) is 0. The first-order valence-corrected chi connectivity index (χ1v) is 28.8. The molecule has 4 heteroatoms. The van der Waals surface area contributed by atoms with Crippen molar-refractivity contribution in [2.45, 2.75) is 5.41 Å². The van der Waals surface area contributed by atoms with Gasteiger partial charge >= 0.3 is 6.85 Å². The molecule has 0 amide bonds. The Kier molecular flexibility index (Phi) is 11.5. The third-order valence-electron chi connectivity index (χ3n) is 17.5. The van der Waals surface area contributed by atoms with Crippen LogP contribution in [0.3, 0.4) is 0 Å². The Labute approximate surface area is 486 Å². The fourth-order valence-corrected chi connectivity index (χ4v) is 13.8. The molecule has 0 unspecified atom stereocenters. The predicted molar refractivity (Wildman–Crippen MR) is 348 cm³/mol. The average molecular weight is 1060 g/mol. The van der Waals surface area contributed by atoms with Gasteiger partial charge in [-0.1, -0.05) is 261 Å². The van der Waals surface area contributed by atoms with E-state index in [0.29, 0.717) is 0 Å². The van der Waals surface area contributed by atoms with Crippen molar-refractivity contribution < 1.29 is 0 Å². The Morgan fingerprint density at radius 3 is 1.25 bits per heavy atom. The van der Waals surface area contributed by atoms with Crippen LogP contribution in [-0.4, -0.2) is 6.85 Å². The van der Waals surface area contributed by atoms with Crippen LogP contribution in [0, 0.1) is 0 Å². The number of para-hydroxylation sites is 2. The molecular weight excluding hydrogens is 1000 g/mol. The first-order valence-electron chi connectivity index (χ1n) is 28.8. The van der Waals surface area contributed by atoms with E-state index in [9.17, 15) is 0 Å². The number of hydrogen-bond donors (Lipinski definition) is 0. The van der Waals surface area contributed by atoms with Crippen LogP contribution < -0.4 is 25.5 Å². The van der Waals surface area contributed by atoms with Crippen LogP contribution in [-0.2, 0) is 5.41 Å². The zero-order chi connectivity index (χ0) is 54.8. The Balaban J connectivity index is 0.980. The van der Waals surface area contributed by atoms with Gasteiger partial charge in [-0.2, -0.15) is 0 Å². The Morgan fingerprint density at radius 1 is 0.289 bits per heavy atom. The molecule has 0 saturated heterocycles. The molecule has 0 N–H and O–H groups in total. The largest absolute Gasteiger partial charge is 0.376 e. The van der Waals surface area contributed by atoms with Gasteiger partial charge in [-0.3, -0.25) is 0 Å². The van der Waals surface area contributed by atoms with Crippen molar-refractivity contribution >= 4 is 63.3 Å². The molecule has 13 aromatic rings. The minimum Gasteiger partial charge on any atom is -0.376 e. The highest BCUT2D eigenvalue weighted by atomic mass is 15.2. The van der Waals surface area contributed by atoms with E-state index in [4.69, 9.17) is 0 Å². The first kappa shape index (κ1) is 48.2. The van der Waals surface area contributed by atoms with E-state index in [-0.39, 0.29) is 6.85 Å². The second kappa shape index (κ2) is 19.8. The summed E-state index contributed by atoms with van der Waals surface area (Å²) >= 11 is 0. The van der Waals surface area contributed by atoms with Gasteiger partial charge in [-0.05, 0) is 150 Å². The van der Waals surface area contributed by atoms with Crippen molar-refractivity contribution in [3.05, 3.63) is 350 Å². The van der Waals surface area contributed by atoms with Crippen molar-refractivity contribution in [1.29, 1.82) is 0 Å². The minimum atomic E-state index is -0.646. The zero-order valence-electron chi connectivity index (χ0n) is 45.6. The van der Waals surface area contributed by atoms with Gasteiger partial charge in [-0.15, -0.1) is 0 Å². The molecule has 3 aliphatic rings. The summed E-state index contributed by atoms with van der Waals surface area (Å²) in [5.74, 6) is 0. The highest BCUT2D eigenvalue weighted by Crippen LogP contribution is 2.60. The van der Waals surface area contributed by atoms with Gasteiger partial charge < -0.3 is 14.6 Å². The highest BCUT2D eigenvalue weighted by Gasteiger charge is 2.53. The third kappa shape index (κ3) is 7.82. The number of hydrogen-bond acceptors (Lipinski definition) is 3. The Bertz CT molecular complexity index is 4390. The lowest BCUT2D eigenvalue weighted by molar-refractivity contribution is 0.732. The van der Waals surface area contributed by atoms with Crippen LogP contribution in [0.1, 0.15) is 22.3 Å². The molecule has 0 radical (unpaired) electrons. The van der Waals surface area contributed by atoms with Crippen molar-refractivity contribution in [2.24, 2.45) is 0 Å². The predicted octanol–water partition coefficient (Wildman–Crippen LogP) is 19.2. The maximum absolute atomic E-state index is 2.66. The smallest absolute Gasteiger partial charge is 0.333 e. The van der Waals surface area contributed by atoms with Gasteiger partial charge in [0.05, 0.1) is 11.1 Å². The summed E-state index contributed by atoms with van der Waals surface area (Å²) in [4.78, 5) is 7.72. The molecule has 0 spiro atoms. The minimum absolute atomic E-state index is 0.236. The number of rotatable bonds is 10. The van der Waals surface area contributed by atoms with Gasteiger partial charge in [0.25, 0.3) is 0 Å². The number of anilines is 8. The van der Waals surface area contributed by atoms with Crippen molar-refractivity contribution in [1.82, 2.24) is 0 Å². The maximum atomic E-state index is 2.66. The molecule has 83 heavy (non-hydrogen) atoms. The summed E-state index contributed by atoms with van der Waals surface area (Å²) in [6.07, 6.45) is 0. The average Bonchev–Trinajstić information content (AvgIpc) is 0.869. The molecule has 0 saturated carbocycles. The monoisotopic (exact) mass is 1060 g/mol. The van der Waals surface area contributed by atoms with Crippen molar-refractivity contribution in [2.75, 3.05) is 14.6 Å². The fraction of sp³-hybridized carbons (Fsp3) is 0.0127. The second-order valence-electron chi connectivity index (χ2n) is 21.9. The quantitative estimate of drug-likeness (QED) is 0.126. The second-order valence-corrected chi connectivity index (χ2v) is 21.9. The van der Waals surface area contributed by atoms with Crippen LogP contribution in [0.5, 0.6) is 0 Å². The van der Waals surface area contributed by atoms with Crippen molar-refractivity contribution in [3.63, 3.8) is 0 Å². The first-order chi connectivity index (χ1) is 41.2. The summed E-state index contributed by atoms with van der Waals surface area (Å²) in [7, 11) is 0. The lowest BCUT2D eigenvalue weighted by atomic mass is 9.42. The molecule has 3 aliphatic heterocycles. The Hall–Kier alpha value is -10.7. The zero-order valence-corrected chi connectivity index (χ0v) is 45.6. The lowest BCUT2D eigenvalue weighted by Crippen LogP contribution is -2.62. The van der Waals surface area contributed by atoms with Gasteiger partial charge in [0.1, 0.15) is 0 Å². The lowest BCUT2D eigenvalue weighted by Gasteiger charge is -2.52. The molecule has 3 nitrogen and oxygen atoms in total. The van der Waals surface area contributed by atoms with E-state index in [1.807, 2.05) is 0 Å². The van der Waals surface area contributed by atoms with Crippen LogP contribution in [0.4, 0.5) is 45.5 Å². The van der Waals surface area contributed by atoms with E-state index < -0.39 is 5.41 Å². The topological polar surface area (TPSA) is 9.72 Å². The number of benzene rings is 13. The van der Waals surface area contributed by atoms with E-state index in [0.717, 1.165) is 28.4 Å². The van der Waals surface area contributed by atoms with Crippen LogP contribution in [0.25, 0.3) is 55.6 Å². The Morgan fingerprint density at radius 2 is 0.723 bits per heavy atom. The molecular formula is C79H54BN3. The molecule has 0 atom stereocenters. The maximum Gasteiger partial charge on any atom is 0.333 e. The molecule has 13 aromatic carbocycles. The highest BCUT2D eigenvalue weighted by molar-refractivity contribution is 6.93. The molecule has 388 valence electrons. The molecule has 0 aliphatic carbocycles. The van der Waals surface area contributed by atoms with Crippen LogP contribution in [0.2, 0.25) is 0 Å². The number of nitrogens with zero attached hydrogens (tertiary/aromatic N) is 3. The van der Waals surface area contributed by atoms with E-state index in [1.165, 1.54) is 106 Å². The fourth-order valence-electron chi connectivity index (χ4n) is 13.8. The van der Waals surface area contributed by atoms with E-state index in [1.54, 1.807) is 0 Å². The van der Waals surface area contributed by atoms with E-state index >= 15 is 0 Å². The SMILES string of the molecule is c1ccc(-c2ccc(N3B4c5cccc6c5N(c5ccccc5C6(c5ccccc5)c5ccccc5)c5cc(-c6ccccc6)cc(c54)-c4ccc(N(c5ccc(-c6ccccc6)cc5)c5ccc(-c6ccccc6)cc5)cc43)cc2)cc1. The van der Waals surface area contributed by atoms with Crippen molar-refractivity contribution in [3.8, 4) is 55.6 Å². The molecule has 0 aromatic heterocycles. The van der Waals surface area contributed by atoms with Gasteiger partial charge in [0.2, 0.25) is 0 Å². The molecule has 16 rings (SSSR count). The van der Waals surface area contributed by atoms with Crippen LogP contribution >= 0.6 is 0 Å². The molecule has 0 fully saturated rings. The number of fused-ring (bicyclic) bond motifs is 6. The van der Waals surface area contributed by atoms with Gasteiger partial charge in [0, 0.05) is 45.4 Å². The summed E-state index contributed by atoms with van der Waals surface area (Å²) < 4.78 is 0. The molecule has 0 bridgehead atoms.